The summed E-state index contributed by atoms with van der Waals surface area (Å²) in [7, 11) is 0. The normalized spacial score (nSPS) is 10.5. The van der Waals surface area contributed by atoms with Crippen LogP contribution in [0.4, 0.5) is 5.82 Å². The molecule has 1 N–H and O–H groups in total. The van der Waals surface area contributed by atoms with E-state index in [-0.39, 0.29) is 12.3 Å². The molecular weight excluding hydrogens is 302 g/mol. The third-order valence-corrected chi connectivity index (χ3v) is 3.59. The van der Waals surface area contributed by atoms with Gasteiger partial charge in [0.1, 0.15) is 12.1 Å². The van der Waals surface area contributed by atoms with E-state index < -0.39 is 0 Å². The zero-order valence-corrected chi connectivity index (χ0v) is 13.5. The van der Waals surface area contributed by atoms with Crippen molar-refractivity contribution in [2.75, 3.05) is 5.32 Å². The summed E-state index contributed by atoms with van der Waals surface area (Å²) < 4.78 is 1.83. The Morgan fingerprint density at radius 2 is 2.00 bits per heavy atom. The molecule has 0 unspecified atom stereocenters. The van der Waals surface area contributed by atoms with Gasteiger partial charge in [-0.05, 0) is 17.5 Å². The lowest BCUT2D eigenvalue weighted by atomic mass is 10.2. The van der Waals surface area contributed by atoms with Gasteiger partial charge in [0, 0.05) is 18.0 Å². The molecule has 1 amide bonds. The fourth-order valence-corrected chi connectivity index (χ4v) is 2.39. The quantitative estimate of drug-likeness (QED) is 0.757. The Bertz CT molecular complexity index is 813. The average Bonchev–Trinajstić information content (AvgIpc) is 3.02. The number of hydrogen-bond donors (Lipinski definition) is 1. The average molecular weight is 321 g/mol. The second kappa shape index (κ2) is 7.50. The van der Waals surface area contributed by atoms with E-state index in [2.05, 4.69) is 32.5 Å². The third-order valence-electron chi connectivity index (χ3n) is 3.59. The van der Waals surface area contributed by atoms with Gasteiger partial charge in [-0.1, -0.05) is 37.3 Å². The molecule has 3 rings (SSSR count). The van der Waals surface area contributed by atoms with Gasteiger partial charge >= 0.3 is 0 Å². The number of benzene rings is 1. The molecule has 0 bridgehead atoms. The summed E-state index contributed by atoms with van der Waals surface area (Å²) in [5.41, 5.74) is 2.94. The van der Waals surface area contributed by atoms with Crippen molar-refractivity contribution in [2.24, 2.45) is 0 Å². The minimum Gasteiger partial charge on any atom is -0.310 e. The first-order chi connectivity index (χ1) is 11.7. The first-order valence-electron chi connectivity index (χ1n) is 7.89. The number of nitrogens with one attached hydrogen (secondary N) is 1. The molecule has 2 aromatic heterocycles. The SMILES string of the molecule is CCc1cc(NC(=O)Cc2cnn(Cc3ccccc3)c2)ncn1. The Morgan fingerprint density at radius 3 is 2.79 bits per heavy atom. The maximum atomic E-state index is 12.1. The van der Waals surface area contributed by atoms with Crippen LogP contribution in [0, 0.1) is 0 Å². The topological polar surface area (TPSA) is 72.7 Å². The van der Waals surface area contributed by atoms with Gasteiger partial charge in [0.05, 0.1) is 19.2 Å². The van der Waals surface area contributed by atoms with Crippen molar-refractivity contribution in [2.45, 2.75) is 26.3 Å². The predicted molar refractivity (Wildman–Crippen MR) is 91.5 cm³/mol. The number of nitrogens with zero attached hydrogens (tertiary/aromatic N) is 4. The highest BCUT2D eigenvalue weighted by molar-refractivity contribution is 5.91. The van der Waals surface area contributed by atoms with Crippen molar-refractivity contribution in [1.82, 2.24) is 19.7 Å². The Kier molecular flexibility index (Phi) is 4.96. The van der Waals surface area contributed by atoms with Crippen molar-refractivity contribution < 1.29 is 4.79 Å². The highest BCUT2D eigenvalue weighted by Crippen LogP contribution is 2.08. The molecule has 6 heteroatoms. The highest BCUT2D eigenvalue weighted by atomic mass is 16.1. The molecule has 2 heterocycles. The Morgan fingerprint density at radius 1 is 1.17 bits per heavy atom. The van der Waals surface area contributed by atoms with Crippen LogP contribution >= 0.6 is 0 Å². The van der Waals surface area contributed by atoms with Crippen molar-refractivity contribution in [1.29, 1.82) is 0 Å². The molecule has 0 saturated heterocycles. The molecule has 122 valence electrons. The standard InChI is InChI=1S/C18H19N5O/c1-2-16-9-17(20-13-19-16)22-18(24)8-15-10-21-23(12-15)11-14-6-4-3-5-7-14/h3-7,9-10,12-13H,2,8,11H2,1H3,(H,19,20,22,24). The summed E-state index contributed by atoms with van der Waals surface area (Å²) in [5, 5.41) is 7.11. The number of carbonyl (C=O) groups is 1. The van der Waals surface area contributed by atoms with Gasteiger partial charge in [0.2, 0.25) is 5.91 Å². The van der Waals surface area contributed by atoms with Gasteiger partial charge in [-0.15, -0.1) is 0 Å². The van der Waals surface area contributed by atoms with Crippen molar-refractivity contribution in [3.05, 3.63) is 71.9 Å². The van der Waals surface area contributed by atoms with Crippen LogP contribution in [-0.4, -0.2) is 25.7 Å². The van der Waals surface area contributed by atoms with Crippen LogP contribution in [0.3, 0.4) is 0 Å². The third kappa shape index (κ3) is 4.25. The molecule has 6 nitrogen and oxygen atoms in total. The smallest absolute Gasteiger partial charge is 0.230 e. The molecule has 1 aromatic carbocycles. The van der Waals surface area contributed by atoms with Gasteiger partial charge in [0.25, 0.3) is 0 Å². The molecule has 0 aliphatic carbocycles. The summed E-state index contributed by atoms with van der Waals surface area (Å²) in [6.07, 6.45) is 6.15. The van der Waals surface area contributed by atoms with Crippen LogP contribution < -0.4 is 5.32 Å². The zero-order chi connectivity index (χ0) is 16.8. The van der Waals surface area contributed by atoms with Crippen molar-refractivity contribution >= 4 is 11.7 Å². The summed E-state index contributed by atoms with van der Waals surface area (Å²) in [6.45, 7) is 2.70. The van der Waals surface area contributed by atoms with E-state index in [9.17, 15) is 4.79 Å². The fraction of sp³-hybridized carbons (Fsp3) is 0.222. The van der Waals surface area contributed by atoms with Gasteiger partial charge in [-0.25, -0.2) is 9.97 Å². The fourth-order valence-electron chi connectivity index (χ4n) is 2.39. The molecule has 3 aromatic rings. The van der Waals surface area contributed by atoms with E-state index in [1.807, 2.05) is 36.0 Å². The molecule has 0 saturated carbocycles. The second-order valence-corrected chi connectivity index (χ2v) is 5.50. The monoisotopic (exact) mass is 321 g/mol. The van der Waals surface area contributed by atoms with E-state index >= 15 is 0 Å². The highest BCUT2D eigenvalue weighted by Gasteiger charge is 2.08. The number of carbonyl (C=O) groups excluding carboxylic acids is 1. The van der Waals surface area contributed by atoms with Gasteiger partial charge in [-0.3, -0.25) is 9.48 Å². The molecule has 0 radical (unpaired) electrons. The Balaban J connectivity index is 1.58. The largest absolute Gasteiger partial charge is 0.310 e. The lowest BCUT2D eigenvalue weighted by Crippen LogP contribution is -2.15. The van der Waals surface area contributed by atoms with Crippen molar-refractivity contribution in [3.8, 4) is 0 Å². The molecule has 0 aliphatic rings. The van der Waals surface area contributed by atoms with Gasteiger partial charge in [-0.2, -0.15) is 5.10 Å². The predicted octanol–water partition coefficient (Wildman–Crippen LogP) is 2.47. The first kappa shape index (κ1) is 15.9. The summed E-state index contributed by atoms with van der Waals surface area (Å²) in [6, 6.07) is 11.9. The number of anilines is 1. The van der Waals surface area contributed by atoms with Gasteiger partial charge in [0.15, 0.2) is 0 Å². The first-order valence-corrected chi connectivity index (χ1v) is 7.89. The lowest BCUT2D eigenvalue weighted by molar-refractivity contribution is -0.115. The van der Waals surface area contributed by atoms with Crippen LogP contribution in [0.25, 0.3) is 0 Å². The molecule has 0 spiro atoms. The van der Waals surface area contributed by atoms with Crippen molar-refractivity contribution in [3.63, 3.8) is 0 Å². The van der Waals surface area contributed by atoms with Crippen LogP contribution in [0.5, 0.6) is 0 Å². The second-order valence-electron chi connectivity index (χ2n) is 5.50. The zero-order valence-electron chi connectivity index (χ0n) is 13.5. The maximum absolute atomic E-state index is 12.1. The minimum absolute atomic E-state index is 0.116. The number of hydrogen-bond acceptors (Lipinski definition) is 4. The molecule has 0 fully saturated rings. The van der Waals surface area contributed by atoms with Crippen LogP contribution in [0.2, 0.25) is 0 Å². The number of aromatic nitrogens is 4. The lowest BCUT2D eigenvalue weighted by Gasteiger charge is -2.04. The van der Waals surface area contributed by atoms with Crippen LogP contribution in [0.15, 0.2) is 55.1 Å². The summed E-state index contributed by atoms with van der Waals surface area (Å²) in [5.74, 6) is 0.415. The van der Waals surface area contributed by atoms with Gasteiger partial charge < -0.3 is 5.32 Å². The molecule has 0 aliphatic heterocycles. The Labute approximate surface area is 140 Å². The summed E-state index contributed by atoms with van der Waals surface area (Å²) in [4.78, 5) is 20.3. The number of aryl methyl sites for hydroxylation is 1. The maximum Gasteiger partial charge on any atom is 0.230 e. The summed E-state index contributed by atoms with van der Waals surface area (Å²) >= 11 is 0. The molecule has 0 atom stereocenters. The Hall–Kier alpha value is -3.02. The van der Waals surface area contributed by atoms with E-state index in [1.54, 1.807) is 12.3 Å². The minimum atomic E-state index is -0.116. The van der Waals surface area contributed by atoms with Crippen LogP contribution in [0.1, 0.15) is 23.7 Å². The van der Waals surface area contributed by atoms with Crippen LogP contribution in [-0.2, 0) is 24.2 Å². The molecular formula is C18H19N5O. The van der Waals surface area contributed by atoms with E-state index in [0.717, 1.165) is 17.7 Å². The number of rotatable bonds is 6. The molecule has 24 heavy (non-hydrogen) atoms. The van der Waals surface area contributed by atoms with E-state index in [1.165, 1.54) is 11.9 Å². The van der Waals surface area contributed by atoms with E-state index in [4.69, 9.17) is 0 Å². The van der Waals surface area contributed by atoms with E-state index in [0.29, 0.717) is 12.4 Å². The number of amides is 1.